The van der Waals surface area contributed by atoms with Gasteiger partial charge in [0.15, 0.2) is 17.2 Å². The molecule has 0 radical (unpaired) electrons. The van der Waals surface area contributed by atoms with Crippen molar-refractivity contribution in [2.75, 3.05) is 29.9 Å². The maximum Gasteiger partial charge on any atom is 0.268 e. The Labute approximate surface area is 226 Å². The summed E-state index contributed by atoms with van der Waals surface area (Å²) in [4.78, 5) is 32.9. The number of nitrogens with zero attached hydrogens (tertiary/aromatic N) is 6. The zero-order valence-corrected chi connectivity index (χ0v) is 21.7. The molecule has 2 N–H and O–H groups in total. The zero-order chi connectivity index (χ0) is 26.9. The van der Waals surface area contributed by atoms with E-state index in [0.29, 0.717) is 38.9 Å². The molecule has 1 aromatic carbocycles. The highest BCUT2D eigenvalue weighted by Gasteiger charge is 2.22. The highest BCUT2D eigenvalue weighted by molar-refractivity contribution is 7.13. The van der Waals surface area contributed by atoms with Gasteiger partial charge in [-0.15, -0.1) is 17.8 Å². The third-order valence-corrected chi connectivity index (χ3v) is 7.34. The minimum Gasteiger partial charge on any atom is -0.441 e. The van der Waals surface area contributed by atoms with Crippen molar-refractivity contribution in [3.05, 3.63) is 75.9 Å². The van der Waals surface area contributed by atoms with Crippen LogP contribution in [0.1, 0.15) is 18.2 Å². The summed E-state index contributed by atoms with van der Waals surface area (Å²) in [5, 5.41) is 9.41. The average Bonchev–Trinajstić information content (AvgIpc) is 3.63. The zero-order valence-electron chi connectivity index (χ0n) is 20.9. The Morgan fingerprint density at radius 1 is 1.31 bits per heavy atom. The van der Waals surface area contributed by atoms with Gasteiger partial charge >= 0.3 is 0 Å². The van der Waals surface area contributed by atoms with Gasteiger partial charge in [0, 0.05) is 54.5 Å². The molecular weight excluding hydrogens is 519 g/mol. The van der Waals surface area contributed by atoms with E-state index in [1.54, 1.807) is 30.6 Å². The van der Waals surface area contributed by atoms with Crippen molar-refractivity contribution in [1.82, 2.24) is 29.8 Å². The number of nitrogens with one attached hydrogen (secondary N) is 2. The number of anilines is 3. The SMILES string of the molecule is C#Cc1cc2cnc(Nc3ccc(N4CCNCC4C)c(F)c3)nc2n(Cc2ncoc2-c2nccs2)c1=O. The van der Waals surface area contributed by atoms with Crippen LogP contribution in [0, 0.1) is 18.2 Å². The van der Waals surface area contributed by atoms with Crippen LogP contribution < -0.4 is 21.1 Å². The van der Waals surface area contributed by atoms with Crippen LogP contribution in [-0.4, -0.2) is 50.2 Å². The van der Waals surface area contributed by atoms with Crippen LogP contribution in [0.5, 0.6) is 0 Å². The molecule has 5 heterocycles. The van der Waals surface area contributed by atoms with Gasteiger partial charge in [-0.1, -0.05) is 5.92 Å². The number of fused-ring (bicyclic) bond motifs is 1. The number of terminal acetylenes is 1. The Hall–Kier alpha value is -4.60. The number of rotatable bonds is 6. The summed E-state index contributed by atoms with van der Waals surface area (Å²) in [5.74, 6) is 2.77. The first-order valence-electron chi connectivity index (χ1n) is 12.2. The summed E-state index contributed by atoms with van der Waals surface area (Å²) < 4.78 is 22.1. The molecule has 1 fully saturated rings. The second kappa shape index (κ2) is 10.3. The van der Waals surface area contributed by atoms with E-state index in [0.717, 1.165) is 19.6 Å². The molecule has 5 aromatic rings. The summed E-state index contributed by atoms with van der Waals surface area (Å²) in [5.41, 5.74) is 1.66. The number of oxazole rings is 1. The number of pyridine rings is 1. The topological polar surface area (TPSA) is 114 Å². The highest BCUT2D eigenvalue weighted by Crippen LogP contribution is 2.28. The Bertz CT molecular complexity index is 1760. The van der Waals surface area contributed by atoms with Crippen LogP contribution in [0.25, 0.3) is 21.8 Å². The van der Waals surface area contributed by atoms with E-state index in [2.05, 4.69) is 43.4 Å². The Morgan fingerprint density at radius 2 is 2.21 bits per heavy atom. The van der Waals surface area contributed by atoms with Gasteiger partial charge < -0.3 is 20.0 Å². The van der Waals surface area contributed by atoms with Gasteiger partial charge in [-0.25, -0.2) is 19.3 Å². The fraction of sp³-hybridized carbons (Fsp3) is 0.222. The van der Waals surface area contributed by atoms with Gasteiger partial charge in [-0.3, -0.25) is 9.36 Å². The summed E-state index contributed by atoms with van der Waals surface area (Å²) >= 11 is 1.40. The number of benzene rings is 1. The molecule has 1 aliphatic heterocycles. The van der Waals surface area contributed by atoms with Gasteiger partial charge in [0.2, 0.25) is 5.95 Å². The number of piperazine rings is 1. The van der Waals surface area contributed by atoms with Gasteiger partial charge in [0.25, 0.3) is 5.56 Å². The van der Waals surface area contributed by atoms with Crippen molar-refractivity contribution in [2.45, 2.75) is 19.5 Å². The van der Waals surface area contributed by atoms with E-state index in [-0.39, 0.29) is 29.9 Å². The van der Waals surface area contributed by atoms with Crippen LogP contribution in [0.15, 0.2) is 57.6 Å². The predicted octanol–water partition coefficient (Wildman–Crippen LogP) is 3.61. The standard InChI is InChI=1S/C27H23FN8O2S/c1-3-17-10-18-13-31-27(33-19-4-5-22(20(28)11-19)35-8-6-29-12-16(35)2)34-24(18)36(26(17)37)14-21-23(38-15-32-21)25-30-7-9-39-25/h1,4-5,7,9-11,13,15-16,29H,6,8,12,14H2,2H3,(H,31,33,34). The first kappa shape index (κ1) is 24.7. The quantitative estimate of drug-likeness (QED) is 0.311. The number of hydrogen-bond donors (Lipinski definition) is 2. The fourth-order valence-electron chi connectivity index (χ4n) is 4.66. The highest BCUT2D eigenvalue weighted by atomic mass is 32.1. The lowest BCUT2D eigenvalue weighted by atomic mass is 10.1. The van der Waals surface area contributed by atoms with Crippen molar-refractivity contribution in [1.29, 1.82) is 0 Å². The van der Waals surface area contributed by atoms with Crippen LogP contribution in [-0.2, 0) is 6.54 Å². The predicted molar refractivity (Wildman–Crippen MR) is 148 cm³/mol. The third-order valence-electron chi connectivity index (χ3n) is 6.57. The average molecular weight is 543 g/mol. The van der Waals surface area contributed by atoms with E-state index < -0.39 is 5.56 Å². The minimum atomic E-state index is -0.400. The number of thiazole rings is 1. The largest absolute Gasteiger partial charge is 0.441 e. The number of halogens is 1. The van der Waals surface area contributed by atoms with Crippen LogP contribution in [0.4, 0.5) is 21.7 Å². The smallest absolute Gasteiger partial charge is 0.268 e. The molecule has 12 heteroatoms. The first-order chi connectivity index (χ1) is 19.0. The van der Waals surface area contributed by atoms with Crippen molar-refractivity contribution in [3.63, 3.8) is 0 Å². The molecule has 4 aromatic heterocycles. The number of aromatic nitrogens is 5. The van der Waals surface area contributed by atoms with E-state index >= 15 is 4.39 Å². The lowest BCUT2D eigenvalue weighted by Crippen LogP contribution is -2.50. The molecule has 0 aliphatic carbocycles. The van der Waals surface area contributed by atoms with Gasteiger partial charge in [0.05, 0.1) is 17.8 Å². The molecule has 0 amide bonds. The maximum absolute atomic E-state index is 15.1. The summed E-state index contributed by atoms with van der Waals surface area (Å²) in [6, 6.07) is 6.71. The van der Waals surface area contributed by atoms with E-state index in [9.17, 15) is 4.79 Å². The van der Waals surface area contributed by atoms with Crippen LogP contribution in [0.3, 0.4) is 0 Å². The van der Waals surface area contributed by atoms with Crippen LogP contribution in [0.2, 0.25) is 0 Å². The second-order valence-corrected chi connectivity index (χ2v) is 9.96. The molecule has 196 valence electrons. The summed E-state index contributed by atoms with van der Waals surface area (Å²) in [6.45, 7) is 4.44. The molecule has 6 rings (SSSR count). The van der Waals surface area contributed by atoms with Crippen molar-refractivity contribution >= 4 is 39.7 Å². The Morgan fingerprint density at radius 3 is 2.97 bits per heavy atom. The molecular formula is C27H23FN8O2S. The van der Waals surface area contributed by atoms with Gasteiger partial charge in [-0.05, 0) is 31.2 Å². The summed E-state index contributed by atoms with van der Waals surface area (Å²) in [6.07, 6.45) is 10.2. The molecule has 39 heavy (non-hydrogen) atoms. The molecule has 10 nitrogen and oxygen atoms in total. The monoisotopic (exact) mass is 542 g/mol. The number of hydrogen-bond acceptors (Lipinski definition) is 10. The Kier molecular flexibility index (Phi) is 6.52. The molecule has 1 atom stereocenters. The fourth-order valence-corrected chi connectivity index (χ4v) is 5.30. The molecule has 1 unspecified atom stereocenters. The van der Waals surface area contributed by atoms with E-state index in [1.807, 2.05) is 10.3 Å². The van der Waals surface area contributed by atoms with Gasteiger partial charge in [-0.2, -0.15) is 4.98 Å². The van der Waals surface area contributed by atoms with Crippen molar-refractivity contribution < 1.29 is 8.81 Å². The van der Waals surface area contributed by atoms with E-state index in [1.165, 1.54) is 28.4 Å². The van der Waals surface area contributed by atoms with Crippen molar-refractivity contribution in [2.24, 2.45) is 0 Å². The Balaban J connectivity index is 1.35. The van der Waals surface area contributed by atoms with Crippen molar-refractivity contribution in [3.8, 4) is 23.1 Å². The van der Waals surface area contributed by atoms with Gasteiger partial charge in [0.1, 0.15) is 17.2 Å². The molecule has 0 bridgehead atoms. The molecule has 1 aliphatic rings. The molecule has 1 saturated heterocycles. The minimum absolute atomic E-state index is 0.0545. The first-order valence-corrected chi connectivity index (χ1v) is 13.1. The van der Waals surface area contributed by atoms with E-state index in [4.69, 9.17) is 10.8 Å². The third kappa shape index (κ3) is 4.73. The molecule has 0 spiro atoms. The lowest BCUT2D eigenvalue weighted by Gasteiger charge is -2.36. The molecule has 0 saturated carbocycles. The second-order valence-electron chi connectivity index (χ2n) is 9.07. The van der Waals surface area contributed by atoms with Crippen LogP contribution >= 0.6 is 11.3 Å². The normalized spacial score (nSPS) is 15.4. The summed E-state index contributed by atoms with van der Waals surface area (Å²) in [7, 11) is 0. The maximum atomic E-state index is 15.1. The lowest BCUT2D eigenvalue weighted by molar-refractivity contribution is 0.491.